The predicted molar refractivity (Wildman–Crippen MR) is 86.2 cm³/mol. The van der Waals surface area contributed by atoms with E-state index in [0.29, 0.717) is 27.6 Å². The molecule has 0 saturated carbocycles. The first-order chi connectivity index (χ1) is 11.1. The molecule has 1 aromatic carbocycles. The number of halogens is 2. The Morgan fingerprint density at radius 3 is 2.65 bits per heavy atom. The Balaban J connectivity index is 1.91. The summed E-state index contributed by atoms with van der Waals surface area (Å²) < 4.78 is 5.17. The maximum absolute atomic E-state index is 12.5. The van der Waals surface area contributed by atoms with Crippen molar-refractivity contribution in [2.24, 2.45) is 0 Å². The van der Waals surface area contributed by atoms with E-state index < -0.39 is 5.92 Å². The average molecular weight is 350 g/mol. The summed E-state index contributed by atoms with van der Waals surface area (Å²) in [5.74, 6) is -0.742. The standard InChI is InChI=1S/C17H13Cl2NO3/c18-9-5-4-8(6-10(9)19)14-15-11(2-1-3-13(15)21)20-12-7-23-17(22)16(12)14/h4-6,14,20H,1-3,7H2/t14-/m0/s1. The Labute approximate surface area is 143 Å². The Hall–Kier alpha value is -1.78. The van der Waals surface area contributed by atoms with E-state index in [0.717, 1.165) is 29.8 Å². The molecule has 0 spiro atoms. The van der Waals surface area contributed by atoms with Gasteiger partial charge in [0.1, 0.15) is 6.61 Å². The Morgan fingerprint density at radius 2 is 1.87 bits per heavy atom. The zero-order valence-electron chi connectivity index (χ0n) is 12.1. The fourth-order valence-electron chi connectivity index (χ4n) is 3.49. The van der Waals surface area contributed by atoms with Gasteiger partial charge in [-0.25, -0.2) is 4.79 Å². The third-order valence-electron chi connectivity index (χ3n) is 4.50. The highest BCUT2D eigenvalue weighted by Crippen LogP contribution is 2.45. The first-order valence-corrected chi connectivity index (χ1v) is 8.20. The maximum Gasteiger partial charge on any atom is 0.337 e. The number of esters is 1. The van der Waals surface area contributed by atoms with Crippen molar-refractivity contribution < 1.29 is 14.3 Å². The van der Waals surface area contributed by atoms with Crippen molar-refractivity contribution in [3.05, 3.63) is 56.3 Å². The summed E-state index contributed by atoms with van der Waals surface area (Å²) in [4.78, 5) is 24.7. The van der Waals surface area contributed by atoms with Gasteiger partial charge < -0.3 is 10.1 Å². The van der Waals surface area contributed by atoms with Crippen LogP contribution >= 0.6 is 23.2 Å². The highest BCUT2D eigenvalue weighted by molar-refractivity contribution is 6.42. The number of cyclic esters (lactones) is 1. The molecule has 6 heteroatoms. The van der Waals surface area contributed by atoms with Crippen LogP contribution in [0.15, 0.2) is 40.7 Å². The largest absolute Gasteiger partial charge is 0.456 e. The van der Waals surface area contributed by atoms with Crippen LogP contribution in [-0.4, -0.2) is 18.4 Å². The molecule has 1 N–H and O–H groups in total. The minimum Gasteiger partial charge on any atom is -0.456 e. The van der Waals surface area contributed by atoms with Crippen LogP contribution in [0.2, 0.25) is 10.0 Å². The Bertz CT molecular complexity index is 810. The van der Waals surface area contributed by atoms with E-state index in [1.807, 2.05) is 6.07 Å². The lowest BCUT2D eigenvalue weighted by Crippen LogP contribution is -2.32. The van der Waals surface area contributed by atoms with E-state index >= 15 is 0 Å². The van der Waals surface area contributed by atoms with Crippen molar-refractivity contribution in [3.63, 3.8) is 0 Å². The molecule has 2 heterocycles. The van der Waals surface area contributed by atoms with Gasteiger partial charge in [0.2, 0.25) is 0 Å². The normalized spacial score (nSPS) is 23.5. The molecule has 23 heavy (non-hydrogen) atoms. The number of carbonyl (C=O) groups is 2. The van der Waals surface area contributed by atoms with Gasteiger partial charge in [-0.15, -0.1) is 0 Å². The molecular weight excluding hydrogens is 337 g/mol. The van der Waals surface area contributed by atoms with Gasteiger partial charge in [-0.1, -0.05) is 29.3 Å². The van der Waals surface area contributed by atoms with E-state index in [4.69, 9.17) is 27.9 Å². The van der Waals surface area contributed by atoms with E-state index in [-0.39, 0.29) is 18.4 Å². The van der Waals surface area contributed by atoms with E-state index in [2.05, 4.69) is 5.32 Å². The number of nitrogens with one attached hydrogen (secondary N) is 1. The SMILES string of the molecule is O=C1CCCC2=C1[C@H](c1ccc(Cl)c(Cl)c1)C1=C(COC1=O)N2. The average Bonchev–Trinajstić information content (AvgIpc) is 2.90. The number of hydrogen-bond donors (Lipinski definition) is 1. The minimum absolute atomic E-state index is 0.0704. The fraction of sp³-hybridized carbons (Fsp3) is 0.294. The smallest absolute Gasteiger partial charge is 0.337 e. The highest BCUT2D eigenvalue weighted by Gasteiger charge is 2.42. The van der Waals surface area contributed by atoms with Gasteiger partial charge >= 0.3 is 5.97 Å². The summed E-state index contributed by atoms with van der Waals surface area (Å²) in [5.41, 5.74) is 3.61. The number of allylic oxidation sites excluding steroid dienone is 2. The minimum atomic E-state index is -0.432. The molecule has 0 bridgehead atoms. The Kier molecular flexibility index (Phi) is 3.47. The number of Topliss-reactive ketones (excluding diaryl/α,β-unsaturated/α-hetero) is 1. The number of ketones is 1. The summed E-state index contributed by atoms with van der Waals surface area (Å²) in [6.45, 7) is 0.219. The second-order valence-corrected chi connectivity index (χ2v) is 6.68. The molecule has 0 fully saturated rings. The second-order valence-electron chi connectivity index (χ2n) is 5.87. The quantitative estimate of drug-likeness (QED) is 0.788. The summed E-state index contributed by atoms with van der Waals surface area (Å²) in [7, 11) is 0. The van der Waals surface area contributed by atoms with Gasteiger partial charge in [-0.3, -0.25) is 4.79 Å². The second kappa shape index (κ2) is 5.39. The van der Waals surface area contributed by atoms with Gasteiger partial charge in [-0.2, -0.15) is 0 Å². The van der Waals surface area contributed by atoms with Crippen LogP contribution in [0.5, 0.6) is 0 Å². The maximum atomic E-state index is 12.5. The third-order valence-corrected chi connectivity index (χ3v) is 5.24. The predicted octanol–water partition coefficient (Wildman–Crippen LogP) is 3.50. The third kappa shape index (κ3) is 2.28. The van der Waals surface area contributed by atoms with Gasteiger partial charge in [0.15, 0.2) is 5.78 Å². The summed E-state index contributed by atoms with van der Waals surface area (Å²) in [5, 5.41) is 4.08. The van der Waals surface area contributed by atoms with Crippen LogP contribution in [0.4, 0.5) is 0 Å². The molecule has 0 saturated heterocycles. The first kappa shape index (κ1) is 14.8. The van der Waals surface area contributed by atoms with Crippen LogP contribution in [-0.2, 0) is 14.3 Å². The molecule has 0 amide bonds. The molecule has 2 aliphatic heterocycles. The summed E-state index contributed by atoms with van der Waals surface area (Å²) >= 11 is 12.1. The monoisotopic (exact) mass is 349 g/mol. The van der Waals surface area contributed by atoms with Crippen molar-refractivity contribution in [3.8, 4) is 0 Å². The van der Waals surface area contributed by atoms with Crippen LogP contribution in [0, 0.1) is 0 Å². The zero-order valence-corrected chi connectivity index (χ0v) is 13.6. The topological polar surface area (TPSA) is 55.4 Å². The van der Waals surface area contributed by atoms with Crippen molar-refractivity contribution in [2.75, 3.05) is 6.61 Å². The van der Waals surface area contributed by atoms with Crippen molar-refractivity contribution in [1.82, 2.24) is 5.32 Å². The molecule has 1 aliphatic carbocycles. The molecule has 4 nitrogen and oxygen atoms in total. The molecule has 3 aliphatic rings. The van der Waals surface area contributed by atoms with Gasteiger partial charge in [0.05, 0.1) is 21.3 Å². The van der Waals surface area contributed by atoms with Gasteiger partial charge in [-0.05, 0) is 30.5 Å². The number of dihydropyridines is 1. The van der Waals surface area contributed by atoms with Gasteiger partial charge in [0, 0.05) is 23.6 Å². The Morgan fingerprint density at radius 1 is 1.04 bits per heavy atom. The lowest BCUT2D eigenvalue weighted by molar-refractivity contribution is -0.136. The molecule has 0 aromatic heterocycles. The molecule has 1 aromatic rings. The van der Waals surface area contributed by atoms with Crippen LogP contribution < -0.4 is 5.32 Å². The summed E-state index contributed by atoms with van der Waals surface area (Å²) in [6.07, 6.45) is 2.11. The molecule has 118 valence electrons. The molecule has 1 atom stereocenters. The fourth-order valence-corrected chi connectivity index (χ4v) is 3.80. The first-order valence-electron chi connectivity index (χ1n) is 7.44. The lowest BCUT2D eigenvalue weighted by atomic mass is 9.75. The molecule has 4 rings (SSSR count). The number of ether oxygens (including phenoxy) is 1. The molecular formula is C17H13Cl2NO3. The summed E-state index contributed by atoms with van der Waals surface area (Å²) in [6, 6.07) is 5.23. The van der Waals surface area contributed by atoms with Crippen LogP contribution in [0.25, 0.3) is 0 Å². The number of hydrogen-bond acceptors (Lipinski definition) is 4. The molecule has 0 unspecified atom stereocenters. The molecule has 0 radical (unpaired) electrons. The van der Waals surface area contributed by atoms with E-state index in [1.54, 1.807) is 12.1 Å². The van der Waals surface area contributed by atoms with Crippen LogP contribution in [0.1, 0.15) is 30.7 Å². The van der Waals surface area contributed by atoms with Crippen molar-refractivity contribution >= 4 is 35.0 Å². The van der Waals surface area contributed by atoms with E-state index in [1.165, 1.54) is 0 Å². The number of benzene rings is 1. The highest BCUT2D eigenvalue weighted by atomic mass is 35.5. The van der Waals surface area contributed by atoms with Crippen molar-refractivity contribution in [2.45, 2.75) is 25.2 Å². The van der Waals surface area contributed by atoms with Gasteiger partial charge in [0.25, 0.3) is 0 Å². The zero-order chi connectivity index (χ0) is 16.1. The van der Waals surface area contributed by atoms with E-state index in [9.17, 15) is 9.59 Å². The number of rotatable bonds is 1. The van der Waals surface area contributed by atoms with Crippen molar-refractivity contribution in [1.29, 1.82) is 0 Å². The van der Waals surface area contributed by atoms with Crippen LogP contribution in [0.3, 0.4) is 0 Å². The lowest BCUT2D eigenvalue weighted by Gasteiger charge is -2.32. The number of carbonyl (C=O) groups excluding carboxylic acids is 2.